The van der Waals surface area contributed by atoms with Gasteiger partial charge in [0, 0.05) is 32.8 Å². The molecule has 0 aliphatic heterocycles. The summed E-state index contributed by atoms with van der Waals surface area (Å²) >= 11 is 0. The zero-order chi connectivity index (χ0) is 29.5. The van der Waals surface area contributed by atoms with Gasteiger partial charge in [-0.1, -0.05) is 109 Å². The SMILES string of the molecule is c1ccc(-c2nc(-n3c4ccccc4c4ccc5c6ccccc6n(-c6ccccc6)c5c43)n3c(n2)nc2ccccc23)cc1. The van der Waals surface area contributed by atoms with Gasteiger partial charge in [-0.05, 0) is 36.4 Å². The second kappa shape index (κ2) is 9.11. The van der Waals surface area contributed by atoms with Gasteiger partial charge < -0.3 is 4.57 Å². The van der Waals surface area contributed by atoms with Crippen molar-refractivity contribution in [3.05, 3.63) is 146 Å². The fraction of sp³-hybridized carbons (Fsp3) is 0. The van der Waals surface area contributed by atoms with Crippen LogP contribution in [0.4, 0.5) is 0 Å². The number of para-hydroxylation sites is 5. The van der Waals surface area contributed by atoms with E-state index in [9.17, 15) is 0 Å². The van der Waals surface area contributed by atoms with E-state index in [4.69, 9.17) is 15.0 Å². The summed E-state index contributed by atoms with van der Waals surface area (Å²) < 4.78 is 6.81. The molecule has 0 unspecified atom stereocenters. The Morgan fingerprint density at radius 3 is 1.67 bits per heavy atom. The largest absolute Gasteiger partial charge is 0.307 e. The molecule has 6 aromatic carbocycles. The maximum absolute atomic E-state index is 5.36. The summed E-state index contributed by atoms with van der Waals surface area (Å²) in [7, 11) is 0. The Morgan fingerprint density at radius 1 is 0.400 bits per heavy atom. The third kappa shape index (κ3) is 3.36. The molecule has 4 heterocycles. The van der Waals surface area contributed by atoms with Crippen LogP contribution in [0, 0.1) is 0 Å². The van der Waals surface area contributed by atoms with Crippen molar-refractivity contribution in [1.82, 2.24) is 28.5 Å². The Balaban J connectivity index is 1.47. The zero-order valence-electron chi connectivity index (χ0n) is 24.0. The normalized spacial score (nSPS) is 12.0. The van der Waals surface area contributed by atoms with E-state index in [2.05, 4.69) is 123 Å². The van der Waals surface area contributed by atoms with Crippen LogP contribution in [-0.4, -0.2) is 28.5 Å². The third-order valence-corrected chi connectivity index (χ3v) is 8.87. The van der Waals surface area contributed by atoms with Gasteiger partial charge in [0.15, 0.2) is 5.82 Å². The first-order valence-corrected chi connectivity index (χ1v) is 15.1. The van der Waals surface area contributed by atoms with E-state index in [1.54, 1.807) is 0 Å². The van der Waals surface area contributed by atoms with E-state index < -0.39 is 0 Å². The van der Waals surface area contributed by atoms with Gasteiger partial charge in [-0.3, -0.25) is 4.57 Å². The Hall–Kier alpha value is -6.27. The van der Waals surface area contributed by atoms with Crippen LogP contribution in [0.25, 0.3) is 83.4 Å². The van der Waals surface area contributed by atoms with Crippen LogP contribution in [-0.2, 0) is 0 Å². The fourth-order valence-corrected chi connectivity index (χ4v) is 6.97. The lowest BCUT2D eigenvalue weighted by Gasteiger charge is -2.14. The molecule has 0 amide bonds. The number of hydrogen-bond donors (Lipinski definition) is 0. The van der Waals surface area contributed by atoms with E-state index >= 15 is 0 Å². The van der Waals surface area contributed by atoms with Crippen molar-refractivity contribution in [1.29, 1.82) is 0 Å². The molecule has 45 heavy (non-hydrogen) atoms. The topological polar surface area (TPSA) is 52.9 Å². The van der Waals surface area contributed by atoms with Gasteiger partial charge in [-0.15, -0.1) is 0 Å². The smallest absolute Gasteiger partial charge is 0.239 e. The fourth-order valence-electron chi connectivity index (χ4n) is 6.97. The van der Waals surface area contributed by atoms with E-state index in [0.29, 0.717) is 11.6 Å². The van der Waals surface area contributed by atoms with E-state index in [-0.39, 0.29) is 0 Å². The first kappa shape index (κ1) is 24.2. The lowest BCUT2D eigenvalue weighted by atomic mass is 10.1. The number of nitrogens with zero attached hydrogens (tertiary/aromatic N) is 6. The molecular weight excluding hydrogens is 552 g/mol. The van der Waals surface area contributed by atoms with Gasteiger partial charge in [0.25, 0.3) is 0 Å². The second-order valence-electron chi connectivity index (χ2n) is 11.3. The van der Waals surface area contributed by atoms with Crippen molar-refractivity contribution < 1.29 is 0 Å². The highest BCUT2D eigenvalue weighted by Gasteiger charge is 2.24. The molecule has 0 N–H and O–H groups in total. The summed E-state index contributed by atoms with van der Waals surface area (Å²) in [5, 5.41) is 4.73. The predicted octanol–water partition coefficient (Wildman–Crippen LogP) is 9.14. The Morgan fingerprint density at radius 2 is 0.956 bits per heavy atom. The number of rotatable bonds is 3. The van der Waals surface area contributed by atoms with Crippen LogP contribution in [0.5, 0.6) is 0 Å². The van der Waals surface area contributed by atoms with Crippen LogP contribution in [0.2, 0.25) is 0 Å². The van der Waals surface area contributed by atoms with Crippen molar-refractivity contribution >= 4 is 60.4 Å². The predicted molar refractivity (Wildman–Crippen MR) is 182 cm³/mol. The van der Waals surface area contributed by atoms with Crippen molar-refractivity contribution in [3.8, 4) is 23.0 Å². The van der Waals surface area contributed by atoms with Gasteiger partial charge in [0.05, 0.1) is 33.1 Å². The van der Waals surface area contributed by atoms with Gasteiger partial charge in [0.2, 0.25) is 11.7 Å². The lowest BCUT2D eigenvalue weighted by Crippen LogP contribution is -2.09. The van der Waals surface area contributed by atoms with Gasteiger partial charge in [0.1, 0.15) is 0 Å². The van der Waals surface area contributed by atoms with E-state index in [0.717, 1.165) is 61.1 Å². The molecular formula is C39H24N6. The molecule has 210 valence electrons. The minimum absolute atomic E-state index is 0.613. The quantitative estimate of drug-likeness (QED) is 0.211. The molecule has 0 aliphatic carbocycles. The first-order valence-electron chi connectivity index (χ1n) is 15.1. The molecule has 0 atom stereocenters. The molecule has 0 radical (unpaired) electrons. The van der Waals surface area contributed by atoms with E-state index in [1.165, 1.54) is 10.8 Å². The molecule has 0 saturated carbocycles. The zero-order valence-corrected chi connectivity index (χ0v) is 24.0. The Bertz CT molecular complexity index is 2750. The van der Waals surface area contributed by atoms with Crippen LogP contribution < -0.4 is 0 Å². The number of imidazole rings is 1. The molecule has 0 spiro atoms. The van der Waals surface area contributed by atoms with Gasteiger partial charge in [-0.25, -0.2) is 9.38 Å². The maximum Gasteiger partial charge on any atom is 0.239 e. The second-order valence-corrected chi connectivity index (χ2v) is 11.3. The molecule has 10 aromatic rings. The molecule has 0 aliphatic rings. The molecule has 4 aromatic heterocycles. The van der Waals surface area contributed by atoms with Gasteiger partial charge in [-0.2, -0.15) is 9.97 Å². The number of aromatic nitrogens is 6. The summed E-state index contributed by atoms with van der Waals surface area (Å²) in [6.07, 6.45) is 0. The lowest BCUT2D eigenvalue weighted by molar-refractivity contribution is 0.929. The highest BCUT2D eigenvalue weighted by Crippen LogP contribution is 2.41. The summed E-state index contributed by atoms with van der Waals surface area (Å²) in [6.45, 7) is 0. The average molecular weight is 577 g/mol. The van der Waals surface area contributed by atoms with Crippen molar-refractivity contribution in [2.75, 3.05) is 0 Å². The Kier molecular flexibility index (Phi) is 4.90. The standard InChI is InChI=1S/C39H24N6/c1-3-13-25(14-4-1)37-41-38-40-31-19-9-12-22-34(31)45(38)39(42-37)44-33-21-11-8-18-28(33)30-24-23-29-27-17-7-10-20-32(27)43(35(29)36(30)44)26-15-5-2-6-16-26/h1-24H. The number of benzene rings is 6. The Labute approximate surface area is 257 Å². The summed E-state index contributed by atoms with van der Waals surface area (Å²) in [5.74, 6) is 1.99. The number of fused-ring (bicyclic) bond motifs is 10. The van der Waals surface area contributed by atoms with Crippen LogP contribution in [0.3, 0.4) is 0 Å². The third-order valence-electron chi connectivity index (χ3n) is 8.87. The molecule has 6 nitrogen and oxygen atoms in total. The van der Waals surface area contributed by atoms with Crippen molar-refractivity contribution in [3.63, 3.8) is 0 Å². The highest BCUT2D eigenvalue weighted by molar-refractivity contribution is 6.23. The average Bonchev–Trinajstić information content (AvgIpc) is 3.76. The first-order chi connectivity index (χ1) is 22.3. The monoisotopic (exact) mass is 576 g/mol. The molecule has 0 fully saturated rings. The summed E-state index contributed by atoms with van der Waals surface area (Å²) in [4.78, 5) is 15.4. The maximum atomic E-state index is 5.36. The molecule has 0 bridgehead atoms. The van der Waals surface area contributed by atoms with E-state index in [1.807, 2.05) is 36.4 Å². The van der Waals surface area contributed by atoms with Gasteiger partial charge >= 0.3 is 0 Å². The molecule has 10 rings (SSSR count). The highest BCUT2D eigenvalue weighted by atomic mass is 15.3. The number of hydrogen-bond acceptors (Lipinski definition) is 3. The minimum atomic E-state index is 0.613. The van der Waals surface area contributed by atoms with Crippen LogP contribution in [0.1, 0.15) is 0 Å². The minimum Gasteiger partial charge on any atom is -0.307 e. The summed E-state index contributed by atoms with van der Waals surface area (Å²) in [5.41, 5.74) is 8.34. The van der Waals surface area contributed by atoms with Crippen molar-refractivity contribution in [2.45, 2.75) is 0 Å². The van der Waals surface area contributed by atoms with Crippen molar-refractivity contribution in [2.24, 2.45) is 0 Å². The van der Waals surface area contributed by atoms with Crippen LogP contribution in [0.15, 0.2) is 146 Å². The molecule has 6 heteroatoms. The summed E-state index contributed by atoms with van der Waals surface area (Å²) in [6, 6.07) is 50.8. The molecule has 0 saturated heterocycles. The van der Waals surface area contributed by atoms with Crippen LogP contribution >= 0.6 is 0 Å².